The maximum atomic E-state index is 12.9. The molecule has 0 aliphatic carbocycles. The van der Waals surface area contributed by atoms with Crippen molar-refractivity contribution in [2.45, 2.75) is 37.3 Å². The minimum absolute atomic E-state index is 0.136. The summed E-state index contributed by atoms with van der Waals surface area (Å²) in [6, 6.07) is 15.2. The highest BCUT2D eigenvalue weighted by molar-refractivity contribution is 7.98. The second-order valence-corrected chi connectivity index (χ2v) is 9.48. The number of hydrogen-bond donors (Lipinski definition) is 1. The SMILES string of the molecule is Cc1nc(CSc2ccccc2C(=O)Nc2ccc(-c3ncc(C(C)C)o3)cc2)cs1. The molecule has 2 aromatic heterocycles. The molecule has 4 rings (SSSR count). The number of nitrogens with zero attached hydrogens (tertiary/aromatic N) is 2. The van der Waals surface area contributed by atoms with Crippen molar-refractivity contribution >= 4 is 34.7 Å². The third kappa shape index (κ3) is 5.24. The summed E-state index contributed by atoms with van der Waals surface area (Å²) in [5, 5.41) is 6.10. The van der Waals surface area contributed by atoms with E-state index in [0.29, 0.717) is 11.5 Å². The Hall–Kier alpha value is -2.90. The highest BCUT2D eigenvalue weighted by Crippen LogP contribution is 2.28. The molecule has 0 spiro atoms. The van der Waals surface area contributed by atoms with Crippen molar-refractivity contribution in [2.24, 2.45) is 0 Å². The van der Waals surface area contributed by atoms with Gasteiger partial charge in [0.1, 0.15) is 5.76 Å². The second kappa shape index (κ2) is 9.49. The van der Waals surface area contributed by atoms with Gasteiger partial charge < -0.3 is 9.73 Å². The molecule has 0 aliphatic rings. The van der Waals surface area contributed by atoms with Gasteiger partial charge in [-0.15, -0.1) is 23.1 Å². The maximum Gasteiger partial charge on any atom is 0.256 e. The molecular weight excluding hydrogens is 426 g/mol. The van der Waals surface area contributed by atoms with Gasteiger partial charge in [0.2, 0.25) is 5.89 Å². The van der Waals surface area contributed by atoms with Crippen LogP contribution in [0, 0.1) is 6.92 Å². The van der Waals surface area contributed by atoms with E-state index in [2.05, 4.69) is 34.5 Å². The molecule has 0 fully saturated rings. The molecule has 0 saturated heterocycles. The van der Waals surface area contributed by atoms with Crippen molar-refractivity contribution in [1.29, 1.82) is 0 Å². The number of nitrogens with one attached hydrogen (secondary N) is 1. The first-order valence-electron chi connectivity index (χ1n) is 10.00. The average Bonchev–Trinajstić information content (AvgIpc) is 3.42. The molecule has 0 atom stereocenters. The lowest BCUT2D eigenvalue weighted by molar-refractivity contribution is 0.102. The van der Waals surface area contributed by atoms with Crippen molar-refractivity contribution in [1.82, 2.24) is 9.97 Å². The fraction of sp³-hybridized carbons (Fsp3) is 0.208. The van der Waals surface area contributed by atoms with E-state index >= 15 is 0 Å². The van der Waals surface area contributed by atoms with E-state index in [1.165, 1.54) is 0 Å². The van der Waals surface area contributed by atoms with E-state index < -0.39 is 0 Å². The summed E-state index contributed by atoms with van der Waals surface area (Å²) < 4.78 is 5.80. The van der Waals surface area contributed by atoms with E-state index in [1.807, 2.05) is 55.5 Å². The van der Waals surface area contributed by atoms with Gasteiger partial charge in [-0.05, 0) is 43.3 Å². The topological polar surface area (TPSA) is 68.0 Å². The van der Waals surface area contributed by atoms with Crippen LogP contribution in [-0.4, -0.2) is 15.9 Å². The first kappa shape index (κ1) is 21.3. The molecule has 31 heavy (non-hydrogen) atoms. The Morgan fingerprint density at radius 3 is 2.61 bits per heavy atom. The Bertz CT molecular complexity index is 1180. The van der Waals surface area contributed by atoms with Crippen LogP contribution in [0.1, 0.15) is 46.6 Å². The summed E-state index contributed by atoms with van der Waals surface area (Å²) in [5.41, 5.74) is 3.28. The van der Waals surface area contributed by atoms with Gasteiger partial charge in [0, 0.05) is 33.2 Å². The number of carbonyl (C=O) groups excluding carboxylic acids is 1. The fourth-order valence-corrected chi connectivity index (χ4v) is 4.65. The highest BCUT2D eigenvalue weighted by Gasteiger charge is 2.13. The lowest BCUT2D eigenvalue weighted by atomic mass is 10.2. The third-order valence-corrected chi connectivity index (χ3v) is 6.59. The van der Waals surface area contributed by atoms with Crippen LogP contribution in [-0.2, 0) is 5.75 Å². The Labute approximate surface area is 190 Å². The van der Waals surface area contributed by atoms with Crippen LogP contribution in [0.25, 0.3) is 11.5 Å². The Balaban J connectivity index is 1.44. The van der Waals surface area contributed by atoms with Crippen molar-refractivity contribution in [2.75, 3.05) is 5.32 Å². The van der Waals surface area contributed by atoms with Crippen molar-refractivity contribution in [3.8, 4) is 11.5 Å². The monoisotopic (exact) mass is 449 g/mol. The first-order valence-corrected chi connectivity index (χ1v) is 11.9. The summed E-state index contributed by atoms with van der Waals surface area (Å²) in [4.78, 5) is 22.7. The lowest BCUT2D eigenvalue weighted by Gasteiger charge is -2.10. The number of benzene rings is 2. The number of thioether (sulfide) groups is 1. The molecule has 0 unspecified atom stereocenters. The minimum atomic E-state index is -0.136. The smallest absolute Gasteiger partial charge is 0.256 e. The molecule has 5 nitrogen and oxygen atoms in total. The van der Waals surface area contributed by atoms with Gasteiger partial charge in [0.15, 0.2) is 0 Å². The molecule has 1 N–H and O–H groups in total. The Morgan fingerprint density at radius 2 is 1.94 bits per heavy atom. The molecule has 0 radical (unpaired) electrons. The zero-order chi connectivity index (χ0) is 21.8. The number of carbonyl (C=O) groups is 1. The van der Waals surface area contributed by atoms with E-state index in [-0.39, 0.29) is 11.8 Å². The summed E-state index contributed by atoms with van der Waals surface area (Å²) >= 11 is 3.26. The number of aryl methyl sites for hydroxylation is 1. The number of oxazole rings is 1. The van der Waals surface area contributed by atoms with Gasteiger partial charge in [-0.2, -0.15) is 0 Å². The zero-order valence-electron chi connectivity index (χ0n) is 17.6. The molecule has 0 aliphatic heterocycles. The van der Waals surface area contributed by atoms with E-state index in [9.17, 15) is 4.79 Å². The van der Waals surface area contributed by atoms with Crippen molar-refractivity contribution in [3.05, 3.63) is 82.1 Å². The molecule has 2 aromatic carbocycles. The summed E-state index contributed by atoms with van der Waals surface area (Å²) in [6.45, 7) is 6.13. The fourth-order valence-electron chi connectivity index (χ4n) is 2.99. The molecule has 2 heterocycles. The van der Waals surface area contributed by atoms with E-state index in [0.717, 1.165) is 38.4 Å². The summed E-state index contributed by atoms with van der Waals surface area (Å²) in [6.07, 6.45) is 1.76. The molecule has 158 valence electrons. The van der Waals surface area contributed by atoms with Gasteiger partial charge in [-0.25, -0.2) is 9.97 Å². The quantitative estimate of drug-likeness (QED) is 0.315. The Kier molecular flexibility index (Phi) is 6.53. The minimum Gasteiger partial charge on any atom is -0.441 e. The highest BCUT2D eigenvalue weighted by atomic mass is 32.2. The lowest BCUT2D eigenvalue weighted by Crippen LogP contribution is -2.12. The van der Waals surface area contributed by atoms with Crippen LogP contribution in [0.2, 0.25) is 0 Å². The van der Waals surface area contributed by atoms with Crippen LogP contribution in [0.15, 0.2) is 69.4 Å². The molecule has 0 saturated carbocycles. The van der Waals surface area contributed by atoms with Gasteiger partial charge in [0.05, 0.1) is 22.5 Å². The molecule has 7 heteroatoms. The number of anilines is 1. The number of thiazole rings is 1. The third-order valence-electron chi connectivity index (χ3n) is 4.66. The Morgan fingerprint density at radius 1 is 1.16 bits per heavy atom. The summed E-state index contributed by atoms with van der Waals surface area (Å²) in [7, 11) is 0. The van der Waals surface area contributed by atoms with Gasteiger partial charge in [-0.3, -0.25) is 4.79 Å². The number of aromatic nitrogens is 2. The summed E-state index contributed by atoms with van der Waals surface area (Å²) in [5.74, 6) is 2.33. The largest absolute Gasteiger partial charge is 0.441 e. The van der Waals surface area contributed by atoms with Gasteiger partial charge in [-0.1, -0.05) is 26.0 Å². The van der Waals surface area contributed by atoms with Crippen molar-refractivity contribution < 1.29 is 9.21 Å². The molecule has 0 bridgehead atoms. The second-order valence-electron chi connectivity index (χ2n) is 7.40. The maximum absolute atomic E-state index is 12.9. The number of amides is 1. The van der Waals surface area contributed by atoms with Crippen LogP contribution in [0.3, 0.4) is 0 Å². The van der Waals surface area contributed by atoms with Gasteiger partial charge >= 0.3 is 0 Å². The van der Waals surface area contributed by atoms with Crippen molar-refractivity contribution in [3.63, 3.8) is 0 Å². The number of hydrogen-bond acceptors (Lipinski definition) is 6. The standard InChI is InChI=1S/C24H23N3O2S2/c1-15(2)21-12-25-24(29-21)17-8-10-18(11-9-17)27-23(28)20-6-4-5-7-22(20)31-14-19-13-30-16(3)26-19/h4-13,15H,14H2,1-3H3,(H,27,28). The zero-order valence-corrected chi connectivity index (χ0v) is 19.2. The average molecular weight is 450 g/mol. The normalized spacial score (nSPS) is 11.1. The molecule has 4 aromatic rings. The predicted octanol–water partition coefficient (Wildman–Crippen LogP) is 6.77. The van der Waals surface area contributed by atoms with E-state index in [4.69, 9.17) is 4.42 Å². The van der Waals surface area contributed by atoms with E-state index in [1.54, 1.807) is 29.3 Å². The predicted molar refractivity (Wildman–Crippen MR) is 127 cm³/mol. The van der Waals surface area contributed by atoms with Gasteiger partial charge in [0.25, 0.3) is 5.91 Å². The molecule has 1 amide bonds. The van der Waals surface area contributed by atoms with Crippen LogP contribution in [0.4, 0.5) is 5.69 Å². The first-order chi connectivity index (χ1) is 15.0. The number of rotatable bonds is 7. The molecular formula is C24H23N3O2S2. The van der Waals surface area contributed by atoms with Crippen LogP contribution >= 0.6 is 23.1 Å². The van der Waals surface area contributed by atoms with Crippen LogP contribution in [0.5, 0.6) is 0 Å². The van der Waals surface area contributed by atoms with Crippen LogP contribution < -0.4 is 5.32 Å².